The Balaban J connectivity index is 2.09. The van der Waals surface area contributed by atoms with Crippen LogP contribution in [-0.4, -0.2) is 13.7 Å². The van der Waals surface area contributed by atoms with E-state index >= 15 is 0 Å². The fourth-order valence-electron chi connectivity index (χ4n) is 3.63. The zero-order valence-electron chi connectivity index (χ0n) is 11.3. The van der Waals surface area contributed by atoms with E-state index in [4.69, 9.17) is 10.5 Å². The van der Waals surface area contributed by atoms with Gasteiger partial charge in [-0.25, -0.2) is 0 Å². The Hall–Kier alpha value is -1.02. The molecular weight excluding hydrogens is 222 g/mol. The van der Waals surface area contributed by atoms with Crippen molar-refractivity contribution in [2.45, 2.75) is 50.4 Å². The summed E-state index contributed by atoms with van der Waals surface area (Å²) in [6, 6.07) is 4.61. The van der Waals surface area contributed by atoms with Crippen LogP contribution in [0.2, 0.25) is 0 Å². The van der Waals surface area contributed by atoms with Crippen LogP contribution < -0.4 is 10.5 Å². The highest BCUT2D eigenvalue weighted by Gasteiger charge is 2.40. The van der Waals surface area contributed by atoms with E-state index in [9.17, 15) is 0 Å². The molecule has 0 bridgehead atoms. The molecule has 1 aromatic carbocycles. The highest BCUT2D eigenvalue weighted by Crippen LogP contribution is 2.48. The lowest BCUT2D eigenvalue weighted by Gasteiger charge is -2.43. The van der Waals surface area contributed by atoms with Crippen LogP contribution in [0.5, 0.6) is 5.75 Å². The van der Waals surface area contributed by atoms with Gasteiger partial charge in [0.05, 0.1) is 7.11 Å². The number of aryl methyl sites for hydroxylation is 1. The average Bonchev–Trinajstić information content (AvgIpc) is 2.37. The lowest BCUT2D eigenvalue weighted by atomic mass is 9.63. The quantitative estimate of drug-likeness (QED) is 0.888. The summed E-state index contributed by atoms with van der Waals surface area (Å²) in [4.78, 5) is 0. The molecule has 0 saturated heterocycles. The Kier molecular flexibility index (Phi) is 3.06. The molecule has 1 aromatic rings. The summed E-state index contributed by atoms with van der Waals surface area (Å²) >= 11 is 0. The molecule has 1 saturated carbocycles. The minimum absolute atomic E-state index is 0.206. The van der Waals surface area contributed by atoms with Gasteiger partial charge < -0.3 is 10.5 Å². The molecule has 0 aliphatic heterocycles. The third-order valence-corrected chi connectivity index (χ3v) is 4.96. The number of methoxy groups -OCH3 is 1. The lowest BCUT2D eigenvalue weighted by molar-refractivity contribution is 0.242. The second-order valence-corrected chi connectivity index (χ2v) is 5.83. The van der Waals surface area contributed by atoms with Gasteiger partial charge in [0.2, 0.25) is 0 Å². The minimum Gasteiger partial charge on any atom is -0.496 e. The maximum Gasteiger partial charge on any atom is 0.126 e. The highest BCUT2D eigenvalue weighted by molar-refractivity contribution is 5.51. The summed E-state index contributed by atoms with van der Waals surface area (Å²) in [6.07, 6.45) is 8.74. The molecule has 0 spiro atoms. The van der Waals surface area contributed by atoms with Gasteiger partial charge in [-0.05, 0) is 49.7 Å². The second kappa shape index (κ2) is 4.58. The third-order valence-electron chi connectivity index (χ3n) is 4.96. The van der Waals surface area contributed by atoms with E-state index in [-0.39, 0.29) is 5.41 Å². The predicted molar refractivity (Wildman–Crippen MR) is 74.2 cm³/mol. The molecule has 98 valence electrons. The Morgan fingerprint density at radius 3 is 2.56 bits per heavy atom. The van der Waals surface area contributed by atoms with E-state index in [1.54, 1.807) is 0 Å². The number of hydrogen-bond donors (Lipinski definition) is 1. The normalized spacial score (nSPS) is 21.0. The molecule has 2 aliphatic carbocycles. The summed E-state index contributed by atoms with van der Waals surface area (Å²) in [5, 5.41) is 0. The van der Waals surface area contributed by atoms with Crippen molar-refractivity contribution in [3.8, 4) is 5.75 Å². The van der Waals surface area contributed by atoms with E-state index in [2.05, 4.69) is 12.1 Å². The molecular formula is C16H23NO. The molecule has 2 aliphatic rings. The van der Waals surface area contributed by atoms with E-state index in [1.165, 1.54) is 61.6 Å². The smallest absolute Gasteiger partial charge is 0.126 e. The maximum absolute atomic E-state index is 6.04. The van der Waals surface area contributed by atoms with Crippen LogP contribution in [0, 0.1) is 0 Å². The molecule has 0 atom stereocenters. The Morgan fingerprint density at radius 1 is 1.17 bits per heavy atom. The van der Waals surface area contributed by atoms with Gasteiger partial charge in [0.15, 0.2) is 0 Å². The molecule has 2 nitrogen and oxygen atoms in total. The first-order chi connectivity index (χ1) is 8.80. The molecule has 2 N–H and O–H groups in total. The molecule has 0 unspecified atom stereocenters. The van der Waals surface area contributed by atoms with Crippen molar-refractivity contribution in [1.29, 1.82) is 0 Å². The Morgan fingerprint density at radius 2 is 1.94 bits per heavy atom. The Labute approximate surface area is 110 Å². The number of ether oxygens (including phenoxy) is 1. The lowest BCUT2D eigenvalue weighted by Crippen LogP contribution is -2.42. The summed E-state index contributed by atoms with van der Waals surface area (Å²) < 4.78 is 5.77. The summed E-state index contributed by atoms with van der Waals surface area (Å²) in [7, 11) is 1.82. The van der Waals surface area contributed by atoms with Gasteiger partial charge in [-0.2, -0.15) is 0 Å². The first-order valence-corrected chi connectivity index (χ1v) is 7.20. The van der Waals surface area contributed by atoms with Crippen LogP contribution in [0.25, 0.3) is 0 Å². The first-order valence-electron chi connectivity index (χ1n) is 7.20. The van der Waals surface area contributed by atoms with Crippen LogP contribution in [0.4, 0.5) is 0 Å². The predicted octanol–water partition coefficient (Wildman–Crippen LogP) is 2.95. The van der Waals surface area contributed by atoms with Crippen molar-refractivity contribution in [2.24, 2.45) is 5.73 Å². The van der Waals surface area contributed by atoms with E-state index in [0.29, 0.717) is 0 Å². The second-order valence-electron chi connectivity index (χ2n) is 5.83. The molecule has 18 heavy (non-hydrogen) atoms. The molecule has 0 heterocycles. The fourth-order valence-corrected chi connectivity index (χ4v) is 3.63. The largest absolute Gasteiger partial charge is 0.496 e. The fraction of sp³-hybridized carbons (Fsp3) is 0.625. The monoisotopic (exact) mass is 245 g/mol. The van der Waals surface area contributed by atoms with Gasteiger partial charge in [0.25, 0.3) is 0 Å². The number of nitrogens with two attached hydrogens (primary N) is 1. The van der Waals surface area contributed by atoms with Crippen molar-refractivity contribution < 1.29 is 4.74 Å². The van der Waals surface area contributed by atoms with E-state index in [1.807, 2.05) is 7.11 Å². The van der Waals surface area contributed by atoms with Gasteiger partial charge >= 0.3 is 0 Å². The number of rotatable bonds is 3. The minimum atomic E-state index is 0.206. The number of benzene rings is 1. The summed E-state index contributed by atoms with van der Waals surface area (Å²) in [6.45, 7) is 0.752. The van der Waals surface area contributed by atoms with Gasteiger partial charge in [-0.1, -0.05) is 18.6 Å². The molecule has 0 aromatic heterocycles. The van der Waals surface area contributed by atoms with Gasteiger partial charge in [-0.3, -0.25) is 0 Å². The van der Waals surface area contributed by atoms with Gasteiger partial charge in [0.1, 0.15) is 5.75 Å². The van der Waals surface area contributed by atoms with Crippen LogP contribution >= 0.6 is 0 Å². The maximum atomic E-state index is 6.04. The Bertz CT molecular complexity index is 443. The van der Waals surface area contributed by atoms with Crippen molar-refractivity contribution in [3.63, 3.8) is 0 Å². The standard InChI is InChI=1S/C16H23NO/c1-18-15-13-6-3-2-5-12(13)7-8-14(15)16(11-17)9-4-10-16/h7-8H,2-6,9-11,17H2,1H3. The van der Waals surface area contributed by atoms with Gasteiger partial charge in [-0.15, -0.1) is 0 Å². The summed E-state index contributed by atoms with van der Waals surface area (Å²) in [5.41, 5.74) is 10.6. The average molecular weight is 245 g/mol. The third kappa shape index (κ3) is 1.66. The van der Waals surface area contributed by atoms with Gasteiger partial charge in [0, 0.05) is 17.5 Å². The highest BCUT2D eigenvalue weighted by atomic mass is 16.5. The van der Waals surface area contributed by atoms with Crippen molar-refractivity contribution in [3.05, 3.63) is 28.8 Å². The van der Waals surface area contributed by atoms with Crippen molar-refractivity contribution in [2.75, 3.05) is 13.7 Å². The van der Waals surface area contributed by atoms with Crippen molar-refractivity contribution >= 4 is 0 Å². The zero-order chi connectivity index (χ0) is 12.6. The topological polar surface area (TPSA) is 35.2 Å². The number of hydrogen-bond acceptors (Lipinski definition) is 2. The molecule has 3 rings (SSSR count). The van der Waals surface area contributed by atoms with Crippen LogP contribution in [0.3, 0.4) is 0 Å². The molecule has 0 amide bonds. The molecule has 1 fully saturated rings. The SMILES string of the molecule is COc1c(C2(CN)CCC2)ccc2c1CCCC2. The molecule has 2 heteroatoms. The zero-order valence-corrected chi connectivity index (χ0v) is 11.3. The molecule has 0 radical (unpaired) electrons. The first kappa shape index (κ1) is 12.0. The van der Waals surface area contributed by atoms with Crippen LogP contribution in [0.1, 0.15) is 48.8 Å². The van der Waals surface area contributed by atoms with E-state index in [0.717, 1.165) is 12.3 Å². The van der Waals surface area contributed by atoms with Crippen LogP contribution in [0.15, 0.2) is 12.1 Å². The van der Waals surface area contributed by atoms with E-state index < -0.39 is 0 Å². The summed E-state index contributed by atoms with van der Waals surface area (Å²) in [5.74, 6) is 1.15. The van der Waals surface area contributed by atoms with Crippen LogP contribution in [-0.2, 0) is 18.3 Å². The van der Waals surface area contributed by atoms with Crippen molar-refractivity contribution in [1.82, 2.24) is 0 Å². The number of fused-ring (bicyclic) bond motifs is 1.